The Hall–Kier alpha value is -8.92. The van der Waals surface area contributed by atoms with Crippen molar-refractivity contribution in [2.24, 2.45) is 0 Å². The number of aromatic nitrogens is 1. The molecule has 3 nitrogen and oxygen atoms in total. The number of nitrogens with zero attached hydrogens (tertiary/aromatic N) is 3. The van der Waals surface area contributed by atoms with Crippen molar-refractivity contribution in [3.05, 3.63) is 283 Å². The van der Waals surface area contributed by atoms with Gasteiger partial charge in [0, 0.05) is 50.0 Å². The molecule has 2 aliphatic carbocycles. The summed E-state index contributed by atoms with van der Waals surface area (Å²) < 4.78 is 2.42. The highest BCUT2D eigenvalue weighted by molar-refractivity contribution is 6.11. The fraction of sp³-hybridized carbons (Fsp3) is 0.0154. The molecule has 1 spiro atoms. The maximum Gasteiger partial charge on any atom is 0.0766 e. The number of fused-ring (bicyclic) bond motifs is 14. The zero-order chi connectivity index (χ0) is 44.8. The average Bonchev–Trinajstić information content (AvgIpc) is 4.02. The first-order chi connectivity index (χ1) is 33.8. The Morgan fingerprint density at radius 2 is 0.765 bits per heavy atom. The van der Waals surface area contributed by atoms with Crippen LogP contribution < -0.4 is 9.80 Å². The second-order valence-corrected chi connectivity index (χ2v) is 18.0. The summed E-state index contributed by atoms with van der Waals surface area (Å²) in [5, 5.41) is 4.87. The van der Waals surface area contributed by atoms with Crippen molar-refractivity contribution in [3.63, 3.8) is 0 Å². The Balaban J connectivity index is 1.10. The number of rotatable bonds is 7. The maximum atomic E-state index is 2.52. The van der Waals surface area contributed by atoms with E-state index in [0.29, 0.717) is 0 Å². The summed E-state index contributed by atoms with van der Waals surface area (Å²) in [7, 11) is 0. The molecule has 0 saturated heterocycles. The van der Waals surface area contributed by atoms with E-state index >= 15 is 0 Å². The first-order valence-electron chi connectivity index (χ1n) is 23.5. The highest BCUT2D eigenvalue weighted by atomic mass is 15.2. The fourth-order valence-corrected chi connectivity index (χ4v) is 11.9. The number of benzene rings is 11. The van der Waals surface area contributed by atoms with Gasteiger partial charge in [-0.15, -0.1) is 0 Å². The lowest BCUT2D eigenvalue weighted by Crippen LogP contribution is -2.30. The summed E-state index contributed by atoms with van der Waals surface area (Å²) in [5.74, 6) is 0. The molecule has 0 fully saturated rings. The van der Waals surface area contributed by atoms with Gasteiger partial charge in [0.2, 0.25) is 0 Å². The van der Waals surface area contributed by atoms with E-state index < -0.39 is 5.41 Å². The van der Waals surface area contributed by atoms with E-state index in [1.807, 2.05) is 0 Å². The summed E-state index contributed by atoms with van der Waals surface area (Å²) in [6.07, 6.45) is 0. The summed E-state index contributed by atoms with van der Waals surface area (Å²) >= 11 is 0. The number of hydrogen-bond donors (Lipinski definition) is 0. The summed E-state index contributed by atoms with van der Waals surface area (Å²) in [6, 6.07) is 96.3. The Morgan fingerprint density at radius 1 is 0.294 bits per heavy atom. The van der Waals surface area contributed by atoms with Gasteiger partial charge >= 0.3 is 0 Å². The molecular formula is C65H43N3. The molecule has 11 aromatic carbocycles. The summed E-state index contributed by atoms with van der Waals surface area (Å²) in [4.78, 5) is 5.03. The third kappa shape index (κ3) is 5.41. The van der Waals surface area contributed by atoms with Crippen LogP contribution in [0.4, 0.5) is 34.1 Å². The van der Waals surface area contributed by atoms with Gasteiger partial charge in [0.25, 0.3) is 0 Å². The molecule has 318 valence electrons. The van der Waals surface area contributed by atoms with E-state index in [2.05, 4.69) is 275 Å². The van der Waals surface area contributed by atoms with Crippen LogP contribution in [0, 0.1) is 0 Å². The first-order valence-corrected chi connectivity index (χ1v) is 23.5. The van der Waals surface area contributed by atoms with Crippen molar-refractivity contribution in [2.75, 3.05) is 9.80 Å². The molecule has 0 aliphatic heterocycles. The minimum Gasteiger partial charge on any atom is -0.310 e. The SMILES string of the molecule is c1ccc(N(c2ccc3c4ccccc4n(-c4ccccc4)c3c2)c2cccc3c2C2(c4ccccc4-3)c3ccccc3-c3cccc(N(c4ccccc4)c4cccc5ccccc45)c32)cc1. The van der Waals surface area contributed by atoms with E-state index in [1.54, 1.807) is 0 Å². The van der Waals surface area contributed by atoms with Gasteiger partial charge in [-0.25, -0.2) is 0 Å². The minimum absolute atomic E-state index is 0.710. The molecule has 0 saturated carbocycles. The zero-order valence-corrected chi connectivity index (χ0v) is 37.2. The van der Waals surface area contributed by atoms with Gasteiger partial charge in [0.1, 0.15) is 0 Å². The number of para-hydroxylation sites is 4. The van der Waals surface area contributed by atoms with E-state index in [0.717, 1.165) is 45.3 Å². The molecule has 68 heavy (non-hydrogen) atoms. The molecule has 14 rings (SSSR count). The topological polar surface area (TPSA) is 11.4 Å². The van der Waals surface area contributed by atoms with Crippen molar-refractivity contribution in [2.45, 2.75) is 5.41 Å². The molecule has 0 radical (unpaired) electrons. The standard InChI is InChI=1S/C65H43N3/c1-4-23-45(24-5-1)66(48-41-42-53-52-32-14-17-37-59(52)68(62(53)43-48)47-27-8-3-9-28-47)60-39-19-33-54-50-30-12-15-35-56(50)65(63(54)60)57-36-16-13-31-51(57)55-34-20-40-61(64(55)65)67(46-25-6-2-7-26-46)58-38-18-22-44-21-10-11-29-49(44)58/h1-43H. The van der Waals surface area contributed by atoms with Crippen LogP contribution in [0.25, 0.3) is 60.5 Å². The highest BCUT2D eigenvalue weighted by Gasteiger charge is 2.55. The molecule has 12 aromatic rings. The highest BCUT2D eigenvalue weighted by Crippen LogP contribution is 2.67. The van der Waals surface area contributed by atoms with E-state index in [1.165, 1.54) is 71.6 Å². The van der Waals surface area contributed by atoms with Gasteiger partial charge in [0.15, 0.2) is 0 Å². The van der Waals surface area contributed by atoms with Gasteiger partial charge in [-0.1, -0.05) is 188 Å². The molecule has 1 unspecified atom stereocenters. The van der Waals surface area contributed by atoms with Crippen LogP contribution in [-0.2, 0) is 5.41 Å². The largest absolute Gasteiger partial charge is 0.310 e. The Morgan fingerprint density at radius 3 is 1.44 bits per heavy atom. The number of anilines is 6. The van der Waals surface area contributed by atoms with Crippen molar-refractivity contribution in [1.82, 2.24) is 4.57 Å². The van der Waals surface area contributed by atoms with Crippen LogP contribution in [0.15, 0.2) is 261 Å². The van der Waals surface area contributed by atoms with Crippen LogP contribution in [0.1, 0.15) is 22.3 Å². The Bertz CT molecular complexity index is 3910. The van der Waals surface area contributed by atoms with Crippen molar-refractivity contribution < 1.29 is 0 Å². The van der Waals surface area contributed by atoms with Crippen molar-refractivity contribution in [3.8, 4) is 27.9 Å². The maximum absolute atomic E-state index is 2.52. The molecule has 0 N–H and O–H groups in total. The first kappa shape index (κ1) is 38.4. The Labute approximate surface area is 395 Å². The molecule has 1 aromatic heterocycles. The molecular weight excluding hydrogens is 823 g/mol. The lowest BCUT2D eigenvalue weighted by Gasteiger charge is -2.38. The molecule has 2 aliphatic rings. The van der Waals surface area contributed by atoms with E-state index in [4.69, 9.17) is 0 Å². The second kappa shape index (κ2) is 15.1. The molecule has 1 heterocycles. The monoisotopic (exact) mass is 865 g/mol. The molecule has 3 heteroatoms. The average molecular weight is 866 g/mol. The smallest absolute Gasteiger partial charge is 0.0766 e. The zero-order valence-electron chi connectivity index (χ0n) is 37.2. The van der Waals surface area contributed by atoms with Gasteiger partial charge in [-0.3, -0.25) is 0 Å². The molecule has 0 bridgehead atoms. The normalized spacial score (nSPS) is 14.2. The van der Waals surface area contributed by atoms with Gasteiger partial charge < -0.3 is 14.4 Å². The van der Waals surface area contributed by atoms with Crippen molar-refractivity contribution in [1.29, 1.82) is 0 Å². The molecule has 1 atom stereocenters. The van der Waals surface area contributed by atoms with Crippen molar-refractivity contribution >= 4 is 66.7 Å². The lowest BCUT2D eigenvalue weighted by molar-refractivity contribution is 0.792. The van der Waals surface area contributed by atoms with Crippen LogP contribution in [0.2, 0.25) is 0 Å². The third-order valence-electron chi connectivity index (χ3n) is 14.5. The van der Waals surface area contributed by atoms with Crippen LogP contribution in [-0.4, -0.2) is 4.57 Å². The fourth-order valence-electron chi connectivity index (χ4n) is 11.9. The predicted molar refractivity (Wildman–Crippen MR) is 284 cm³/mol. The van der Waals surface area contributed by atoms with Gasteiger partial charge in [-0.05, 0) is 112 Å². The summed E-state index contributed by atoms with van der Waals surface area (Å²) in [6.45, 7) is 0. The Kier molecular flexibility index (Phi) is 8.50. The third-order valence-corrected chi connectivity index (χ3v) is 14.5. The quantitative estimate of drug-likeness (QED) is 0.158. The van der Waals surface area contributed by atoms with Crippen LogP contribution in [0.3, 0.4) is 0 Å². The van der Waals surface area contributed by atoms with E-state index in [9.17, 15) is 0 Å². The van der Waals surface area contributed by atoms with Gasteiger partial charge in [0.05, 0.1) is 33.5 Å². The predicted octanol–water partition coefficient (Wildman–Crippen LogP) is 17.2. The van der Waals surface area contributed by atoms with Crippen LogP contribution >= 0.6 is 0 Å². The number of hydrogen-bond acceptors (Lipinski definition) is 2. The van der Waals surface area contributed by atoms with Gasteiger partial charge in [-0.2, -0.15) is 0 Å². The van der Waals surface area contributed by atoms with E-state index in [-0.39, 0.29) is 0 Å². The minimum atomic E-state index is -0.710. The van der Waals surface area contributed by atoms with Crippen LogP contribution in [0.5, 0.6) is 0 Å². The summed E-state index contributed by atoms with van der Waals surface area (Å²) in [5.41, 5.74) is 19.6. The second-order valence-electron chi connectivity index (χ2n) is 18.0. The lowest BCUT2D eigenvalue weighted by atomic mass is 9.69. The molecule has 0 amide bonds.